The molecule has 0 fully saturated rings. The van der Waals surface area contributed by atoms with Crippen LogP contribution < -0.4 is 0 Å². The van der Waals surface area contributed by atoms with Crippen LogP contribution in [0.5, 0.6) is 0 Å². The Bertz CT molecular complexity index is 1370. The third-order valence-electron chi connectivity index (χ3n) is 11.4. The second-order valence-electron chi connectivity index (χ2n) is 18.0. The summed E-state index contributed by atoms with van der Waals surface area (Å²) in [6.07, 6.45) is 53.3. The van der Waals surface area contributed by atoms with Crippen LogP contribution in [0.2, 0.25) is 0 Å². The molecule has 0 aromatic carbocycles. The maximum absolute atomic E-state index is 12.9. The number of carbonyl (C=O) groups excluding carboxylic acids is 3. The van der Waals surface area contributed by atoms with Gasteiger partial charge in [-0.1, -0.05) is 197 Å². The molecular formula is C56H99O11P. The first-order valence-electron chi connectivity index (χ1n) is 27.2. The lowest BCUT2D eigenvalue weighted by molar-refractivity contribution is -0.161. The maximum atomic E-state index is 12.9. The lowest BCUT2D eigenvalue weighted by atomic mass is 10.1. The SMILES string of the molecule is CC/C=C\C/C=C\C/C=C\C/C=C\CCCCC(=O)OCC(COP(=O)(O)OCC(CO)OC(=O)CCCCCCCCCCCCC)OC(=O)CCCCCCC/C=C\CCCCCCCC. The van der Waals surface area contributed by atoms with Crippen molar-refractivity contribution in [3.8, 4) is 0 Å². The molecule has 68 heavy (non-hydrogen) atoms. The number of esters is 3. The predicted octanol–water partition coefficient (Wildman–Crippen LogP) is 15.6. The van der Waals surface area contributed by atoms with E-state index in [-0.39, 0.29) is 25.9 Å². The zero-order valence-corrected chi connectivity index (χ0v) is 44.2. The molecule has 0 rings (SSSR count). The number of rotatable bonds is 50. The van der Waals surface area contributed by atoms with Crippen molar-refractivity contribution < 1.29 is 52.2 Å². The summed E-state index contributed by atoms with van der Waals surface area (Å²) < 4.78 is 39.4. The highest BCUT2D eigenvalue weighted by atomic mass is 31.2. The van der Waals surface area contributed by atoms with Gasteiger partial charge in [-0.3, -0.25) is 23.4 Å². The number of phosphoric ester groups is 1. The summed E-state index contributed by atoms with van der Waals surface area (Å²) in [5.74, 6) is -1.52. The second-order valence-corrected chi connectivity index (χ2v) is 19.5. The van der Waals surface area contributed by atoms with E-state index in [2.05, 4.69) is 81.5 Å². The minimum Gasteiger partial charge on any atom is -0.462 e. The molecular weight excluding hydrogens is 880 g/mol. The van der Waals surface area contributed by atoms with Crippen LogP contribution >= 0.6 is 7.82 Å². The number of allylic oxidation sites excluding steroid dienone is 10. The zero-order valence-electron chi connectivity index (χ0n) is 43.3. The number of phosphoric acid groups is 1. The van der Waals surface area contributed by atoms with Gasteiger partial charge in [-0.15, -0.1) is 0 Å². The first-order chi connectivity index (χ1) is 33.2. The van der Waals surface area contributed by atoms with Gasteiger partial charge < -0.3 is 24.2 Å². The fourth-order valence-electron chi connectivity index (χ4n) is 7.28. The molecule has 11 nitrogen and oxygen atoms in total. The molecule has 0 bridgehead atoms. The van der Waals surface area contributed by atoms with Crippen molar-refractivity contribution >= 4 is 25.7 Å². The summed E-state index contributed by atoms with van der Waals surface area (Å²) in [5.41, 5.74) is 0. The van der Waals surface area contributed by atoms with E-state index in [1.54, 1.807) is 0 Å². The minimum atomic E-state index is -4.75. The Morgan fingerprint density at radius 2 is 0.765 bits per heavy atom. The largest absolute Gasteiger partial charge is 0.472 e. The van der Waals surface area contributed by atoms with Gasteiger partial charge in [-0.05, 0) is 83.5 Å². The Kier molecular flexibility index (Phi) is 48.5. The summed E-state index contributed by atoms with van der Waals surface area (Å²) in [5, 5.41) is 9.77. The van der Waals surface area contributed by atoms with E-state index in [4.69, 9.17) is 23.3 Å². The Labute approximate surface area is 415 Å². The first kappa shape index (κ1) is 65.2. The Hall–Kier alpha value is -2.82. The molecule has 3 atom stereocenters. The molecule has 0 aromatic heterocycles. The minimum absolute atomic E-state index is 0.149. The molecule has 12 heteroatoms. The van der Waals surface area contributed by atoms with Crippen LogP contribution in [0.4, 0.5) is 0 Å². The van der Waals surface area contributed by atoms with Gasteiger partial charge in [0.2, 0.25) is 0 Å². The lowest BCUT2D eigenvalue weighted by Gasteiger charge is -2.21. The van der Waals surface area contributed by atoms with Crippen molar-refractivity contribution in [2.45, 2.75) is 251 Å². The van der Waals surface area contributed by atoms with Crippen molar-refractivity contribution in [1.29, 1.82) is 0 Å². The second kappa shape index (κ2) is 50.6. The summed E-state index contributed by atoms with van der Waals surface area (Å²) >= 11 is 0. The Balaban J connectivity index is 4.81. The summed E-state index contributed by atoms with van der Waals surface area (Å²) in [7, 11) is -4.75. The van der Waals surface area contributed by atoms with Gasteiger partial charge in [-0.2, -0.15) is 0 Å². The topological polar surface area (TPSA) is 155 Å². The molecule has 0 amide bonds. The quantitative estimate of drug-likeness (QED) is 0.0197. The number of aliphatic hydroxyl groups is 1. The van der Waals surface area contributed by atoms with Crippen molar-refractivity contribution in [3.05, 3.63) is 60.8 Å². The highest BCUT2D eigenvalue weighted by Crippen LogP contribution is 2.43. The molecule has 0 aromatic rings. The number of carbonyl (C=O) groups is 3. The third kappa shape index (κ3) is 48.2. The molecule has 394 valence electrons. The van der Waals surface area contributed by atoms with Crippen LogP contribution in [0, 0.1) is 0 Å². The third-order valence-corrected chi connectivity index (χ3v) is 12.4. The van der Waals surface area contributed by atoms with E-state index in [9.17, 15) is 28.9 Å². The maximum Gasteiger partial charge on any atom is 0.472 e. The van der Waals surface area contributed by atoms with Gasteiger partial charge in [-0.25, -0.2) is 4.57 Å². The lowest BCUT2D eigenvalue weighted by Crippen LogP contribution is -2.30. The number of hydrogen-bond acceptors (Lipinski definition) is 10. The van der Waals surface area contributed by atoms with Gasteiger partial charge in [0.1, 0.15) is 12.7 Å². The molecule has 0 aliphatic heterocycles. The number of ether oxygens (including phenoxy) is 3. The van der Waals surface area contributed by atoms with E-state index < -0.39 is 57.8 Å². The normalized spacial score (nSPS) is 13.9. The van der Waals surface area contributed by atoms with E-state index >= 15 is 0 Å². The highest BCUT2D eigenvalue weighted by molar-refractivity contribution is 7.47. The monoisotopic (exact) mass is 979 g/mol. The molecule has 2 N–H and O–H groups in total. The average Bonchev–Trinajstić information content (AvgIpc) is 3.32. The van der Waals surface area contributed by atoms with Crippen molar-refractivity contribution in [2.24, 2.45) is 0 Å². The van der Waals surface area contributed by atoms with Crippen LogP contribution in [-0.2, 0) is 42.2 Å². The molecule has 0 heterocycles. The van der Waals surface area contributed by atoms with Crippen LogP contribution in [0.3, 0.4) is 0 Å². The van der Waals surface area contributed by atoms with Crippen LogP contribution in [-0.4, -0.2) is 66.5 Å². The van der Waals surface area contributed by atoms with Gasteiger partial charge in [0.15, 0.2) is 6.10 Å². The smallest absolute Gasteiger partial charge is 0.462 e. The number of hydrogen-bond donors (Lipinski definition) is 2. The van der Waals surface area contributed by atoms with E-state index in [0.717, 1.165) is 96.3 Å². The summed E-state index contributed by atoms with van der Waals surface area (Å²) in [6, 6.07) is 0. The number of aliphatic hydroxyl groups excluding tert-OH is 1. The Morgan fingerprint density at radius 3 is 1.22 bits per heavy atom. The van der Waals surface area contributed by atoms with Crippen molar-refractivity contribution in [1.82, 2.24) is 0 Å². The molecule has 0 aliphatic carbocycles. The highest BCUT2D eigenvalue weighted by Gasteiger charge is 2.28. The van der Waals surface area contributed by atoms with Gasteiger partial charge in [0.05, 0.1) is 19.8 Å². The fraction of sp³-hybridized carbons (Fsp3) is 0.768. The average molecular weight is 979 g/mol. The van der Waals surface area contributed by atoms with E-state index in [1.165, 1.54) is 83.5 Å². The standard InChI is InChI=1S/C56H99O11P/c1-4-7-10-13-16-19-22-24-26-28-31-33-36-39-42-45-54(58)63-49-53(67-56(60)47-44-41-38-35-32-29-27-25-23-20-17-14-11-8-5-2)51-65-68(61,62)64-50-52(48-57)66-55(59)46-43-40-37-34-30-21-18-15-12-9-6-3/h7,10,16,19,24-27,31,33,52-53,57H,4-6,8-9,11-15,17-18,20-23,28-30,32,34-51H2,1-3H3,(H,61,62)/b10-7-,19-16-,26-24-,27-25-,33-31-. The molecule has 0 saturated carbocycles. The Morgan fingerprint density at radius 1 is 0.426 bits per heavy atom. The van der Waals surface area contributed by atoms with Gasteiger partial charge >= 0.3 is 25.7 Å². The van der Waals surface area contributed by atoms with E-state index in [0.29, 0.717) is 19.3 Å². The van der Waals surface area contributed by atoms with Crippen LogP contribution in [0.25, 0.3) is 0 Å². The van der Waals surface area contributed by atoms with Crippen molar-refractivity contribution in [2.75, 3.05) is 26.4 Å². The summed E-state index contributed by atoms with van der Waals surface area (Å²) in [6.45, 7) is 4.46. The molecule has 0 saturated heterocycles. The van der Waals surface area contributed by atoms with Gasteiger partial charge in [0.25, 0.3) is 0 Å². The van der Waals surface area contributed by atoms with Crippen molar-refractivity contribution in [3.63, 3.8) is 0 Å². The summed E-state index contributed by atoms with van der Waals surface area (Å²) in [4.78, 5) is 48.3. The van der Waals surface area contributed by atoms with E-state index in [1.807, 2.05) is 0 Å². The van der Waals surface area contributed by atoms with Crippen LogP contribution in [0.15, 0.2) is 60.8 Å². The number of unbranched alkanes of at least 4 members (excludes halogenated alkanes) is 23. The first-order valence-corrected chi connectivity index (χ1v) is 28.7. The molecule has 0 aliphatic rings. The van der Waals surface area contributed by atoms with Gasteiger partial charge in [0, 0.05) is 19.3 Å². The predicted molar refractivity (Wildman–Crippen MR) is 279 cm³/mol. The molecule has 0 spiro atoms. The molecule has 0 radical (unpaired) electrons. The zero-order chi connectivity index (χ0) is 49.9. The molecule has 3 unspecified atom stereocenters. The fourth-order valence-corrected chi connectivity index (χ4v) is 8.07. The van der Waals surface area contributed by atoms with Crippen LogP contribution in [0.1, 0.15) is 239 Å².